The molecule has 0 atom stereocenters. The molecule has 1 fully saturated rings. The van der Waals surface area contributed by atoms with Crippen molar-refractivity contribution >= 4 is 5.97 Å². The minimum Gasteiger partial charge on any atom is -0.497 e. The fourth-order valence-electron chi connectivity index (χ4n) is 3.10. The van der Waals surface area contributed by atoms with Crippen LogP contribution in [0.4, 0.5) is 0 Å². The summed E-state index contributed by atoms with van der Waals surface area (Å²) in [6, 6.07) is 17.1. The first-order valence-corrected chi connectivity index (χ1v) is 8.09. The molecule has 1 heterocycles. The first-order chi connectivity index (χ1) is 12.2. The Morgan fingerprint density at radius 2 is 1.76 bits per heavy atom. The Bertz CT molecular complexity index is 909. The van der Waals surface area contributed by atoms with Crippen molar-refractivity contribution in [2.45, 2.75) is 18.3 Å². The third kappa shape index (κ3) is 2.48. The lowest BCUT2D eigenvalue weighted by molar-refractivity contribution is -0.140. The van der Waals surface area contributed by atoms with Crippen molar-refractivity contribution in [1.29, 1.82) is 0 Å². The molecule has 1 aliphatic rings. The number of hydrogen-bond acceptors (Lipinski definition) is 4. The van der Waals surface area contributed by atoms with Crippen LogP contribution in [0.3, 0.4) is 0 Å². The molecule has 2 aromatic carbocycles. The van der Waals surface area contributed by atoms with Gasteiger partial charge in [0.2, 0.25) is 0 Å². The average molecular weight is 335 g/mol. The van der Waals surface area contributed by atoms with Crippen LogP contribution in [0.1, 0.15) is 18.6 Å². The van der Waals surface area contributed by atoms with Crippen molar-refractivity contribution in [2.24, 2.45) is 0 Å². The van der Waals surface area contributed by atoms with Crippen LogP contribution in [-0.2, 0) is 10.2 Å². The van der Waals surface area contributed by atoms with Crippen LogP contribution in [0.15, 0.2) is 59.1 Å². The van der Waals surface area contributed by atoms with Crippen LogP contribution in [0, 0.1) is 0 Å². The normalized spacial score (nSPS) is 14.9. The van der Waals surface area contributed by atoms with E-state index in [1.807, 2.05) is 54.6 Å². The number of methoxy groups -OCH3 is 1. The van der Waals surface area contributed by atoms with Crippen molar-refractivity contribution in [3.05, 3.63) is 60.4 Å². The minimum absolute atomic E-state index is 0.442. The summed E-state index contributed by atoms with van der Waals surface area (Å²) < 4.78 is 10.8. The van der Waals surface area contributed by atoms with Gasteiger partial charge in [0.1, 0.15) is 16.9 Å². The quantitative estimate of drug-likeness (QED) is 0.759. The third-order valence-electron chi connectivity index (χ3n) is 4.71. The van der Waals surface area contributed by atoms with Crippen LogP contribution < -0.4 is 4.74 Å². The molecular weight excluding hydrogens is 318 g/mol. The first-order valence-electron chi connectivity index (χ1n) is 8.09. The molecule has 1 aromatic heterocycles. The summed E-state index contributed by atoms with van der Waals surface area (Å²) in [5.74, 6) is 0.331. The summed E-state index contributed by atoms with van der Waals surface area (Å²) in [7, 11) is 1.61. The van der Waals surface area contributed by atoms with Gasteiger partial charge in [-0.2, -0.15) is 0 Å². The fraction of sp³-hybridized carbons (Fsp3) is 0.200. The van der Waals surface area contributed by atoms with Gasteiger partial charge >= 0.3 is 5.97 Å². The summed E-state index contributed by atoms with van der Waals surface area (Å²) in [6.07, 6.45) is 1.14. The maximum Gasteiger partial charge on any atom is 0.317 e. The van der Waals surface area contributed by atoms with Crippen LogP contribution in [0.5, 0.6) is 5.75 Å². The van der Waals surface area contributed by atoms with Gasteiger partial charge in [0.15, 0.2) is 5.76 Å². The molecule has 0 spiro atoms. The Morgan fingerprint density at radius 3 is 2.32 bits per heavy atom. The van der Waals surface area contributed by atoms with Gasteiger partial charge in [0.05, 0.1) is 12.7 Å². The largest absolute Gasteiger partial charge is 0.497 e. The zero-order chi connectivity index (χ0) is 17.4. The summed E-state index contributed by atoms with van der Waals surface area (Å²) in [5, 5.41) is 13.9. The highest BCUT2D eigenvalue weighted by molar-refractivity contribution is 5.91. The van der Waals surface area contributed by atoms with Crippen LogP contribution >= 0.6 is 0 Å². The van der Waals surface area contributed by atoms with Crippen molar-refractivity contribution in [3.8, 4) is 28.1 Å². The number of carboxylic acid groups (broad SMARTS) is 1. The molecule has 0 amide bonds. The Balaban J connectivity index is 1.90. The van der Waals surface area contributed by atoms with E-state index in [9.17, 15) is 9.90 Å². The highest BCUT2D eigenvalue weighted by Crippen LogP contribution is 2.53. The summed E-state index contributed by atoms with van der Waals surface area (Å²) in [4.78, 5) is 11.8. The number of carboxylic acids is 1. The smallest absolute Gasteiger partial charge is 0.317 e. The molecule has 0 unspecified atom stereocenters. The SMILES string of the molecule is COc1ccc(-c2noc(C3(C(=O)O)CC3)c2-c2ccccc2)cc1. The maximum absolute atomic E-state index is 11.8. The van der Waals surface area contributed by atoms with E-state index in [2.05, 4.69) is 5.16 Å². The van der Waals surface area contributed by atoms with Crippen LogP contribution in [0.2, 0.25) is 0 Å². The predicted molar refractivity (Wildman–Crippen MR) is 92.5 cm³/mol. The van der Waals surface area contributed by atoms with Crippen LogP contribution in [-0.4, -0.2) is 23.3 Å². The lowest BCUT2D eigenvalue weighted by Gasteiger charge is -2.10. The minimum atomic E-state index is -0.955. The van der Waals surface area contributed by atoms with E-state index < -0.39 is 11.4 Å². The van der Waals surface area contributed by atoms with Gasteiger partial charge in [-0.15, -0.1) is 0 Å². The Morgan fingerprint density at radius 1 is 1.08 bits per heavy atom. The summed E-state index contributed by atoms with van der Waals surface area (Å²) in [6.45, 7) is 0. The van der Waals surface area contributed by atoms with E-state index in [-0.39, 0.29) is 0 Å². The molecule has 5 heteroatoms. The molecular formula is C20H17NO4. The monoisotopic (exact) mass is 335 g/mol. The lowest BCUT2D eigenvalue weighted by atomic mass is 9.92. The summed E-state index contributed by atoms with van der Waals surface area (Å²) in [5.41, 5.74) is 2.21. The van der Waals surface area contributed by atoms with E-state index in [0.29, 0.717) is 24.3 Å². The van der Waals surface area contributed by atoms with E-state index in [0.717, 1.165) is 22.4 Å². The number of nitrogens with zero attached hydrogens (tertiary/aromatic N) is 1. The van der Waals surface area contributed by atoms with E-state index in [1.165, 1.54) is 0 Å². The number of benzene rings is 2. The maximum atomic E-state index is 11.8. The molecule has 126 valence electrons. The van der Waals surface area contributed by atoms with Crippen molar-refractivity contribution in [1.82, 2.24) is 5.16 Å². The number of rotatable bonds is 5. The van der Waals surface area contributed by atoms with Gasteiger partial charge in [0.25, 0.3) is 0 Å². The second kappa shape index (κ2) is 5.77. The standard InChI is InChI=1S/C20H17NO4/c1-24-15-9-7-14(8-10-15)17-16(13-5-3-2-4-6-13)18(25-21-17)20(11-12-20)19(22)23/h2-10H,11-12H2,1H3,(H,22,23). The number of carbonyl (C=O) groups is 1. The summed E-state index contributed by atoms with van der Waals surface area (Å²) >= 11 is 0. The third-order valence-corrected chi connectivity index (χ3v) is 4.71. The van der Waals surface area contributed by atoms with Crippen LogP contribution in [0.25, 0.3) is 22.4 Å². The van der Waals surface area contributed by atoms with Gasteiger partial charge in [-0.1, -0.05) is 35.5 Å². The molecule has 0 saturated heterocycles. The molecule has 0 aliphatic heterocycles. The average Bonchev–Trinajstić information content (AvgIpc) is 3.35. The second-order valence-corrected chi connectivity index (χ2v) is 6.22. The topological polar surface area (TPSA) is 72.6 Å². The zero-order valence-corrected chi connectivity index (χ0v) is 13.7. The number of ether oxygens (including phenoxy) is 1. The van der Waals surface area contributed by atoms with Crippen molar-refractivity contribution < 1.29 is 19.2 Å². The molecule has 1 saturated carbocycles. The molecule has 0 radical (unpaired) electrons. The first kappa shape index (κ1) is 15.4. The molecule has 5 nitrogen and oxygen atoms in total. The van der Waals surface area contributed by atoms with Gasteiger partial charge in [-0.3, -0.25) is 4.79 Å². The van der Waals surface area contributed by atoms with Gasteiger partial charge in [0, 0.05) is 5.56 Å². The highest BCUT2D eigenvalue weighted by atomic mass is 16.5. The molecule has 25 heavy (non-hydrogen) atoms. The van der Waals surface area contributed by atoms with E-state index in [4.69, 9.17) is 9.26 Å². The highest BCUT2D eigenvalue weighted by Gasteiger charge is 2.56. The van der Waals surface area contributed by atoms with Crippen molar-refractivity contribution in [3.63, 3.8) is 0 Å². The van der Waals surface area contributed by atoms with Gasteiger partial charge < -0.3 is 14.4 Å². The number of hydrogen-bond donors (Lipinski definition) is 1. The Labute approximate surface area is 144 Å². The second-order valence-electron chi connectivity index (χ2n) is 6.22. The zero-order valence-electron chi connectivity index (χ0n) is 13.7. The molecule has 1 N–H and O–H groups in total. The van der Waals surface area contributed by atoms with E-state index >= 15 is 0 Å². The molecule has 1 aliphatic carbocycles. The fourth-order valence-corrected chi connectivity index (χ4v) is 3.10. The van der Waals surface area contributed by atoms with E-state index in [1.54, 1.807) is 7.11 Å². The predicted octanol–water partition coefficient (Wildman–Crippen LogP) is 4.13. The van der Waals surface area contributed by atoms with Gasteiger partial charge in [-0.05, 0) is 42.7 Å². The number of aliphatic carboxylic acids is 1. The Hall–Kier alpha value is -3.08. The molecule has 3 aromatic rings. The number of aromatic nitrogens is 1. The van der Waals surface area contributed by atoms with Gasteiger partial charge in [-0.25, -0.2) is 0 Å². The molecule has 4 rings (SSSR count). The molecule has 0 bridgehead atoms. The Kier molecular flexibility index (Phi) is 3.57. The lowest BCUT2D eigenvalue weighted by Crippen LogP contribution is -2.19. The van der Waals surface area contributed by atoms with Crippen molar-refractivity contribution in [2.75, 3.05) is 7.11 Å².